The Morgan fingerprint density at radius 1 is 0.969 bits per heavy atom. The van der Waals surface area contributed by atoms with E-state index in [0.29, 0.717) is 17.2 Å². The van der Waals surface area contributed by atoms with Crippen LogP contribution < -0.4 is 10.1 Å². The lowest BCUT2D eigenvalue weighted by Gasteiger charge is -2.31. The van der Waals surface area contributed by atoms with Crippen LogP contribution in [0.4, 0.5) is 0 Å². The molecule has 32 heavy (non-hydrogen) atoms. The van der Waals surface area contributed by atoms with Crippen molar-refractivity contribution >= 4 is 23.4 Å². The van der Waals surface area contributed by atoms with Gasteiger partial charge in [-0.15, -0.1) is 0 Å². The van der Waals surface area contributed by atoms with Crippen molar-refractivity contribution in [2.75, 3.05) is 13.7 Å². The predicted molar refractivity (Wildman–Crippen MR) is 127 cm³/mol. The molecule has 0 heterocycles. The number of nitrogens with zero attached hydrogens (tertiary/aromatic N) is 1. The van der Waals surface area contributed by atoms with Crippen molar-refractivity contribution < 1.29 is 14.3 Å². The van der Waals surface area contributed by atoms with E-state index in [0.717, 1.165) is 16.7 Å². The van der Waals surface area contributed by atoms with E-state index in [9.17, 15) is 9.59 Å². The third-order valence-corrected chi connectivity index (χ3v) is 5.38. The molecule has 0 spiro atoms. The number of ether oxygens (including phenoxy) is 1. The Hall–Kier alpha value is -3.31. The number of benzene rings is 3. The molecule has 0 saturated carbocycles. The predicted octanol–water partition coefficient (Wildman–Crippen LogP) is 4.41. The highest BCUT2D eigenvalue weighted by atomic mass is 35.5. The molecule has 0 aliphatic carbocycles. The summed E-state index contributed by atoms with van der Waals surface area (Å²) in [5.74, 6) is 0.0841. The summed E-state index contributed by atoms with van der Waals surface area (Å²) in [5.41, 5.74) is 2.90. The summed E-state index contributed by atoms with van der Waals surface area (Å²) < 4.78 is 5.73. The second-order valence-electron chi connectivity index (χ2n) is 7.57. The molecular weight excluding hydrogens is 424 g/mol. The monoisotopic (exact) mass is 450 g/mol. The standard InChI is InChI=1S/C26H27ClN2O3/c1-19-11-13-23(14-12-19)32-18-25(30)29(17-21-9-6-10-22(27)15-21)24(26(31)28-2)16-20-7-4-3-5-8-20/h3-15,24H,16-18H2,1-2H3,(H,28,31)/t24-/m0/s1. The SMILES string of the molecule is CNC(=O)[C@H](Cc1ccccc1)N(Cc1cccc(Cl)c1)C(=O)COc1ccc(C)cc1. The van der Waals surface area contributed by atoms with Crippen LogP contribution in [0.3, 0.4) is 0 Å². The lowest BCUT2D eigenvalue weighted by atomic mass is 10.0. The number of likely N-dealkylation sites (N-methyl/N-ethyl adjacent to an activating group) is 1. The summed E-state index contributed by atoms with van der Waals surface area (Å²) >= 11 is 6.15. The third kappa shape index (κ3) is 6.59. The van der Waals surface area contributed by atoms with Crippen LogP contribution in [0.2, 0.25) is 5.02 Å². The minimum atomic E-state index is -0.699. The number of aryl methyl sites for hydroxylation is 1. The average Bonchev–Trinajstić information content (AvgIpc) is 2.81. The zero-order valence-electron chi connectivity index (χ0n) is 18.3. The fourth-order valence-electron chi connectivity index (χ4n) is 3.42. The van der Waals surface area contributed by atoms with Crippen LogP contribution in [-0.4, -0.2) is 36.4 Å². The van der Waals surface area contributed by atoms with Crippen molar-refractivity contribution in [1.82, 2.24) is 10.2 Å². The number of amides is 2. The number of rotatable bonds is 9. The van der Waals surface area contributed by atoms with E-state index in [1.54, 1.807) is 24.1 Å². The van der Waals surface area contributed by atoms with Gasteiger partial charge < -0.3 is 15.0 Å². The van der Waals surface area contributed by atoms with Crippen LogP contribution in [-0.2, 0) is 22.6 Å². The molecule has 0 bridgehead atoms. The highest BCUT2D eigenvalue weighted by molar-refractivity contribution is 6.30. The Balaban J connectivity index is 1.86. The zero-order chi connectivity index (χ0) is 22.9. The zero-order valence-corrected chi connectivity index (χ0v) is 19.0. The second-order valence-corrected chi connectivity index (χ2v) is 8.01. The Morgan fingerprint density at radius 2 is 1.66 bits per heavy atom. The normalized spacial score (nSPS) is 11.5. The van der Waals surface area contributed by atoms with E-state index < -0.39 is 6.04 Å². The van der Waals surface area contributed by atoms with Gasteiger partial charge in [0.1, 0.15) is 11.8 Å². The first-order chi connectivity index (χ1) is 15.5. The molecule has 0 unspecified atom stereocenters. The third-order valence-electron chi connectivity index (χ3n) is 5.14. The van der Waals surface area contributed by atoms with E-state index >= 15 is 0 Å². The number of carbonyl (C=O) groups excluding carboxylic acids is 2. The summed E-state index contributed by atoms with van der Waals surface area (Å²) in [6.45, 7) is 2.05. The number of nitrogens with one attached hydrogen (secondary N) is 1. The number of hydrogen-bond acceptors (Lipinski definition) is 3. The fourth-order valence-corrected chi connectivity index (χ4v) is 3.63. The summed E-state index contributed by atoms with van der Waals surface area (Å²) in [5, 5.41) is 3.27. The molecule has 6 heteroatoms. The number of carbonyl (C=O) groups is 2. The molecule has 0 aromatic heterocycles. The molecule has 3 aromatic carbocycles. The van der Waals surface area contributed by atoms with Gasteiger partial charge in [-0.25, -0.2) is 0 Å². The number of hydrogen-bond donors (Lipinski definition) is 1. The highest BCUT2D eigenvalue weighted by Gasteiger charge is 2.30. The van der Waals surface area contributed by atoms with Crippen LogP contribution in [0.15, 0.2) is 78.9 Å². The number of halogens is 1. The van der Waals surface area contributed by atoms with Crippen LogP contribution in [0.5, 0.6) is 5.75 Å². The van der Waals surface area contributed by atoms with Gasteiger partial charge in [0.2, 0.25) is 5.91 Å². The van der Waals surface area contributed by atoms with Gasteiger partial charge in [-0.05, 0) is 42.3 Å². The Morgan fingerprint density at radius 3 is 2.31 bits per heavy atom. The van der Waals surface area contributed by atoms with Gasteiger partial charge >= 0.3 is 0 Å². The smallest absolute Gasteiger partial charge is 0.261 e. The molecule has 1 atom stereocenters. The maximum Gasteiger partial charge on any atom is 0.261 e. The first-order valence-electron chi connectivity index (χ1n) is 10.4. The first kappa shape index (κ1) is 23.4. The molecule has 0 aliphatic heterocycles. The fraction of sp³-hybridized carbons (Fsp3) is 0.231. The maximum absolute atomic E-state index is 13.3. The quantitative estimate of drug-likeness (QED) is 0.525. The van der Waals surface area contributed by atoms with Gasteiger partial charge in [-0.1, -0.05) is 71.8 Å². The Kier molecular flexibility index (Phi) is 8.28. The molecule has 0 saturated heterocycles. The average molecular weight is 451 g/mol. The van der Waals surface area contributed by atoms with Crippen LogP contribution in [0, 0.1) is 6.92 Å². The molecular formula is C26H27ClN2O3. The molecule has 3 aromatic rings. The molecule has 0 fully saturated rings. The summed E-state index contributed by atoms with van der Waals surface area (Å²) in [7, 11) is 1.57. The van der Waals surface area contributed by atoms with Gasteiger partial charge in [0, 0.05) is 25.0 Å². The molecule has 2 amide bonds. The van der Waals surface area contributed by atoms with Crippen molar-refractivity contribution in [3.63, 3.8) is 0 Å². The minimum absolute atomic E-state index is 0.175. The van der Waals surface area contributed by atoms with Gasteiger partial charge in [0.15, 0.2) is 6.61 Å². The van der Waals surface area contributed by atoms with Gasteiger partial charge in [-0.3, -0.25) is 9.59 Å². The van der Waals surface area contributed by atoms with Gasteiger partial charge in [-0.2, -0.15) is 0 Å². The van der Waals surface area contributed by atoms with Crippen LogP contribution in [0.1, 0.15) is 16.7 Å². The second kappa shape index (κ2) is 11.3. The summed E-state index contributed by atoms with van der Waals surface area (Å²) in [6, 6.07) is 23.7. The molecule has 1 N–H and O–H groups in total. The van der Waals surface area contributed by atoms with Gasteiger partial charge in [0.05, 0.1) is 0 Å². The van der Waals surface area contributed by atoms with Crippen molar-refractivity contribution in [1.29, 1.82) is 0 Å². The van der Waals surface area contributed by atoms with E-state index in [1.165, 1.54) is 0 Å². The Labute approximate surface area is 194 Å². The molecule has 0 aliphatic rings. The van der Waals surface area contributed by atoms with Crippen molar-refractivity contribution in [2.45, 2.75) is 25.9 Å². The van der Waals surface area contributed by atoms with Crippen molar-refractivity contribution in [3.05, 3.63) is 101 Å². The largest absolute Gasteiger partial charge is 0.484 e. The topological polar surface area (TPSA) is 58.6 Å². The minimum Gasteiger partial charge on any atom is -0.484 e. The van der Waals surface area contributed by atoms with Gasteiger partial charge in [0.25, 0.3) is 5.91 Å². The molecule has 0 radical (unpaired) electrons. The van der Waals surface area contributed by atoms with Crippen LogP contribution >= 0.6 is 11.6 Å². The molecule has 5 nitrogen and oxygen atoms in total. The van der Waals surface area contributed by atoms with E-state index in [4.69, 9.17) is 16.3 Å². The van der Waals surface area contributed by atoms with E-state index in [2.05, 4.69) is 5.32 Å². The molecule has 3 rings (SSSR count). The van der Waals surface area contributed by atoms with Crippen LogP contribution in [0.25, 0.3) is 0 Å². The lowest BCUT2D eigenvalue weighted by molar-refractivity contribution is -0.142. The summed E-state index contributed by atoms with van der Waals surface area (Å²) in [4.78, 5) is 27.7. The van der Waals surface area contributed by atoms with E-state index in [-0.39, 0.29) is 25.0 Å². The maximum atomic E-state index is 13.3. The van der Waals surface area contributed by atoms with E-state index in [1.807, 2.05) is 73.7 Å². The van der Waals surface area contributed by atoms with Crippen molar-refractivity contribution in [2.24, 2.45) is 0 Å². The highest BCUT2D eigenvalue weighted by Crippen LogP contribution is 2.18. The summed E-state index contributed by atoms with van der Waals surface area (Å²) in [6.07, 6.45) is 0.386. The van der Waals surface area contributed by atoms with Crippen molar-refractivity contribution in [3.8, 4) is 5.75 Å². The Bertz CT molecular complexity index is 1040. The lowest BCUT2D eigenvalue weighted by Crippen LogP contribution is -2.51. The molecule has 166 valence electrons. The first-order valence-corrected chi connectivity index (χ1v) is 10.8.